The van der Waals surface area contributed by atoms with E-state index < -0.39 is 35.1 Å². The fourth-order valence-corrected chi connectivity index (χ4v) is 2.67. The van der Waals surface area contributed by atoms with Gasteiger partial charge in [0.15, 0.2) is 0 Å². The van der Waals surface area contributed by atoms with Crippen LogP contribution < -0.4 is 11.1 Å². The van der Waals surface area contributed by atoms with Crippen LogP contribution in [0.25, 0.3) is 0 Å². The molecule has 1 aliphatic carbocycles. The van der Waals surface area contributed by atoms with Gasteiger partial charge < -0.3 is 15.8 Å². The van der Waals surface area contributed by atoms with E-state index in [1.165, 1.54) is 12.1 Å². The molecule has 0 saturated heterocycles. The van der Waals surface area contributed by atoms with Gasteiger partial charge in [-0.05, 0) is 37.0 Å². The Hall–Kier alpha value is -2.84. The Morgan fingerprint density at radius 1 is 1.19 bits per heavy atom. The molecule has 0 heterocycles. The Bertz CT molecular complexity index is 753. The SMILES string of the molecule is C=C(CC(=O)NCC(N)=O)C(=O)OC1(c2ccc(C(F)(F)F)cc2)CCC1. The number of hydrogen-bond acceptors (Lipinski definition) is 4. The summed E-state index contributed by atoms with van der Waals surface area (Å²) in [6.07, 6.45) is -3.15. The fourth-order valence-electron chi connectivity index (χ4n) is 2.67. The molecule has 3 N–H and O–H groups in total. The van der Waals surface area contributed by atoms with Crippen LogP contribution in [0.3, 0.4) is 0 Å². The molecule has 2 amide bonds. The Balaban J connectivity index is 2.02. The summed E-state index contributed by atoms with van der Waals surface area (Å²) in [7, 11) is 0. The maximum Gasteiger partial charge on any atom is 0.416 e. The average molecular weight is 384 g/mol. The number of primary amides is 1. The molecule has 6 nitrogen and oxygen atoms in total. The highest BCUT2D eigenvalue weighted by Crippen LogP contribution is 2.45. The van der Waals surface area contributed by atoms with Crippen molar-refractivity contribution >= 4 is 17.8 Å². The van der Waals surface area contributed by atoms with Crippen molar-refractivity contribution in [2.75, 3.05) is 6.54 Å². The maximum absolute atomic E-state index is 12.7. The van der Waals surface area contributed by atoms with Crippen LogP contribution in [0.1, 0.15) is 36.8 Å². The Labute approximate surface area is 153 Å². The molecule has 1 aromatic carbocycles. The first-order valence-electron chi connectivity index (χ1n) is 8.17. The lowest BCUT2D eigenvalue weighted by molar-refractivity contribution is -0.167. The quantitative estimate of drug-likeness (QED) is 0.556. The Morgan fingerprint density at radius 2 is 1.78 bits per heavy atom. The predicted octanol–water partition coefficient (Wildman–Crippen LogP) is 2.18. The smallest absolute Gasteiger partial charge is 0.416 e. The number of carbonyl (C=O) groups excluding carboxylic acids is 3. The van der Waals surface area contributed by atoms with Gasteiger partial charge in [0.05, 0.1) is 18.5 Å². The molecule has 0 atom stereocenters. The molecule has 0 unspecified atom stereocenters. The van der Waals surface area contributed by atoms with Crippen LogP contribution in [0.4, 0.5) is 13.2 Å². The molecular weight excluding hydrogens is 365 g/mol. The third-order valence-corrected chi connectivity index (χ3v) is 4.31. The molecule has 0 spiro atoms. The summed E-state index contributed by atoms with van der Waals surface area (Å²) in [5.74, 6) is -2.16. The van der Waals surface area contributed by atoms with Gasteiger partial charge in [-0.3, -0.25) is 9.59 Å². The molecule has 146 valence electrons. The van der Waals surface area contributed by atoms with Gasteiger partial charge in [0.25, 0.3) is 0 Å². The molecule has 0 radical (unpaired) electrons. The third-order valence-electron chi connectivity index (χ3n) is 4.31. The molecule has 2 rings (SSSR count). The number of hydrogen-bond donors (Lipinski definition) is 2. The summed E-state index contributed by atoms with van der Waals surface area (Å²) in [6, 6.07) is 4.46. The van der Waals surface area contributed by atoms with E-state index in [4.69, 9.17) is 10.5 Å². The van der Waals surface area contributed by atoms with Gasteiger partial charge in [-0.2, -0.15) is 13.2 Å². The fraction of sp³-hybridized carbons (Fsp3) is 0.389. The first kappa shape index (κ1) is 20.5. The number of nitrogens with two attached hydrogens (primary N) is 1. The van der Waals surface area contributed by atoms with E-state index in [9.17, 15) is 27.6 Å². The van der Waals surface area contributed by atoms with E-state index in [0.29, 0.717) is 18.4 Å². The van der Waals surface area contributed by atoms with E-state index >= 15 is 0 Å². The number of halogens is 3. The van der Waals surface area contributed by atoms with Crippen LogP contribution in [0, 0.1) is 0 Å². The second-order valence-corrected chi connectivity index (χ2v) is 6.34. The van der Waals surface area contributed by atoms with Gasteiger partial charge in [-0.25, -0.2) is 4.79 Å². The van der Waals surface area contributed by atoms with Crippen molar-refractivity contribution in [1.29, 1.82) is 0 Å². The summed E-state index contributed by atoms with van der Waals surface area (Å²) >= 11 is 0. The van der Waals surface area contributed by atoms with Gasteiger partial charge in [0.2, 0.25) is 11.8 Å². The van der Waals surface area contributed by atoms with Crippen molar-refractivity contribution in [2.24, 2.45) is 5.73 Å². The largest absolute Gasteiger partial charge is 0.451 e. The standard InChI is InChI=1S/C18H19F3N2O4/c1-11(9-15(25)23-10-14(22)24)16(26)27-17(7-2-8-17)12-3-5-13(6-4-12)18(19,20)21/h3-6H,1-2,7-10H2,(H2,22,24)(H,23,25). The van der Waals surface area contributed by atoms with Gasteiger partial charge in [0, 0.05) is 5.57 Å². The maximum atomic E-state index is 12.7. The summed E-state index contributed by atoms with van der Waals surface area (Å²) in [6.45, 7) is 3.14. The van der Waals surface area contributed by atoms with Crippen LogP contribution >= 0.6 is 0 Å². The first-order chi connectivity index (χ1) is 12.5. The number of benzene rings is 1. The molecule has 0 aliphatic heterocycles. The third kappa shape index (κ3) is 5.08. The predicted molar refractivity (Wildman–Crippen MR) is 89.0 cm³/mol. The lowest BCUT2D eigenvalue weighted by Crippen LogP contribution is -2.40. The van der Waals surface area contributed by atoms with Gasteiger partial charge >= 0.3 is 12.1 Å². The minimum atomic E-state index is -4.45. The minimum absolute atomic E-state index is 0.129. The molecule has 0 bridgehead atoms. The summed E-state index contributed by atoms with van der Waals surface area (Å²) < 4.78 is 43.6. The zero-order valence-electron chi connectivity index (χ0n) is 14.4. The van der Waals surface area contributed by atoms with Crippen molar-refractivity contribution in [3.8, 4) is 0 Å². The molecule has 9 heteroatoms. The van der Waals surface area contributed by atoms with Gasteiger partial charge in [-0.1, -0.05) is 18.7 Å². The highest BCUT2D eigenvalue weighted by Gasteiger charge is 2.43. The van der Waals surface area contributed by atoms with Crippen molar-refractivity contribution in [3.05, 3.63) is 47.5 Å². The van der Waals surface area contributed by atoms with E-state index in [2.05, 4.69) is 11.9 Å². The van der Waals surface area contributed by atoms with Crippen molar-refractivity contribution < 1.29 is 32.3 Å². The first-order valence-corrected chi connectivity index (χ1v) is 8.17. The van der Waals surface area contributed by atoms with Crippen molar-refractivity contribution in [1.82, 2.24) is 5.32 Å². The molecule has 1 saturated carbocycles. The van der Waals surface area contributed by atoms with Crippen LogP contribution in [0.15, 0.2) is 36.4 Å². The normalized spacial score (nSPS) is 15.4. The molecule has 0 aromatic heterocycles. The lowest BCUT2D eigenvalue weighted by atomic mass is 9.74. The number of carbonyl (C=O) groups is 3. The van der Waals surface area contributed by atoms with Crippen molar-refractivity contribution in [3.63, 3.8) is 0 Å². The number of nitrogens with one attached hydrogen (secondary N) is 1. The molecular formula is C18H19F3N2O4. The number of rotatable bonds is 7. The zero-order chi connectivity index (χ0) is 20.2. The topological polar surface area (TPSA) is 98.5 Å². The van der Waals surface area contributed by atoms with E-state index in [-0.39, 0.29) is 18.5 Å². The van der Waals surface area contributed by atoms with Gasteiger partial charge in [-0.15, -0.1) is 0 Å². The van der Waals surface area contributed by atoms with Crippen molar-refractivity contribution in [2.45, 2.75) is 37.5 Å². The number of esters is 1. The average Bonchev–Trinajstić information content (AvgIpc) is 2.55. The van der Waals surface area contributed by atoms with E-state index in [1.54, 1.807) is 0 Å². The molecule has 1 aliphatic rings. The summed E-state index contributed by atoms with van der Waals surface area (Å²) in [4.78, 5) is 34.5. The summed E-state index contributed by atoms with van der Waals surface area (Å²) in [5, 5.41) is 2.22. The van der Waals surface area contributed by atoms with Crippen LogP contribution in [-0.2, 0) is 30.9 Å². The van der Waals surface area contributed by atoms with E-state index in [1.807, 2.05) is 0 Å². The highest BCUT2D eigenvalue weighted by molar-refractivity contribution is 5.95. The second-order valence-electron chi connectivity index (χ2n) is 6.34. The minimum Gasteiger partial charge on any atom is -0.451 e. The van der Waals surface area contributed by atoms with Crippen LogP contribution in [-0.4, -0.2) is 24.3 Å². The van der Waals surface area contributed by atoms with Crippen LogP contribution in [0.2, 0.25) is 0 Å². The number of amides is 2. The lowest BCUT2D eigenvalue weighted by Gasteiger charge is -2.41. The highest BCUT2D eigenvalue weighted by atomic mass is 19.4. The summed E-state index contributed by atoms with van der Waals surface area (Å²) in [5.41, 5.74) is 3.42. The molecule has 1 aromatic rings. The number of alkyl halides is 3. The Kier molecular flexibility index (Phi) is 5.92. The van der Waals surface area contributed by atoms with Crippen LogP contribution in [0.5, 0.6) is 0 Å². The molecule has 27 heavy (non-hydrogen) atoms. The zero-order valence-corrected chi connectivity index (χ0v) is 14.4. The molecule has 1 fully saturated rings. The second kappa shape index (κ2) is 7.81. The monoisotopic (exact) mass is 384 g/mol. The number of ether oxygens (including phenoxy) is 1. The Morgan fingerprint density at radius 3 is 2.22 bits per heavy atom. The van der Waals surface area contributed by atoms with Gasteiger partial charge in [0.1, 0.15) is 5.60 Å². The van der Waals surface area contributed by atoms with E-state index in [0.717, 1.165) is 18.6 Å².